The molecule has 0 aliphatic carbocycles. The molecule has 1 aromatic rings. The molecule has 1 saturated heterocycles. The monoisotopic (exact) mass is 267 g/mol. The number of morpholine rings is 1. The Morgan fingerprint density at radius 3 is 3.11 bits per heavy atom. The first-order valence-electron chi connectivity index (χ1n) is 6.28. The van der Waals surface area contributed by atoms with Gasteiger partial charge in [0.15, 0.2) is 0 Å². The molecule has 1 aliphatic rings. The Balaban J connectivity index is 1.88. The summed E-state index contributed by atoms with van der Waals surface area (Å²) in [4.78, 5) is 14.0. The summed E-state index contributed by atoms with van der Waals surface area (Å²) in [6, 6.07) is 7.86. The van der Waals surface area contributed by atoms with E-state index in [0.717, 1.165) is 17.0 Å². The Morgan fingerprint density at radius 2 is 2.39 bits per heavy atom. The van der Waals surface area contributed by atoms with Gasteiger partial charge in [0, 0.05) is 18.0 Å². The lowest BCUT2D eigenvalue weighted by Crippen LogP contribution is -2.47. The lowest BCUT2D eigenvalue weighted by atomic mass is 10.1. The summed E-state index contributed by atoms with van der Waals surface area (Å²) in [5, 5.41) is 0.722. The third-order valence-corrected chi connectivity index (χ3v) is 3.44. The molecule has 1 heterocycles. The van der Waals surface area contributed by atoms with E-state index in [1.807, 2.05) is 36.1 Å². The second-order valence-electron chi connectivity index (χ2n) is 4.64. The van der Waals surface area contributed by atoms with Gasteiger partial charge in [0.1, 0.15) is 0 Å². The van der Waals surface area contributed by atoms with Crippen LogP contribution in [0.1, 0.15) is 18.9 Å². The van der Waals surface area contributed by atoms with Crippen LogP contribution in [0.2, 0.25) is 5.02 Å². The first-order valence-corrected chi connectivity index (χ1v) is 6.66. The number of hydrogen-bond donors (Lipinski definition) is 0. The Hall–Kier alpha value is -1.06. The van der Waals surface area contributed by atoms with Crippen molar-refractivity contribution in [1.29, 1.82) is 0 Å². The summed E-state index contributed by atoms with van der Waals surface area (Å²) in [7, 11) is 0. The highest BCUT2D eigenvalue weighted by atomic mass is 35.5. The van der Waals surface area contributed by atoms with Gasteiger partial charge >= 0.3 is 0 Å². The highest BCUT2D eigenvalue weighted by molar-refractivity contribution is 6.30. The van der Waals surface area contributed by atoms with Crippen LogP contribution >= 0.6 is 11.6 Å². The molecule has 1 fully saturated rings. The molecule has 1 aliphatic heterocycles. The summed E-state index contributed by atoms with van der Waals surface area (Å²) in [5.41, 5.74) is 1.11. The lowest BCUT2D eigenvalue weighted by Gasteiger charge is -2.33. The van der Waals surface area contributed by atoms with Crippen LogP contribution in [0.4, 0.5) is 0 Å². The molecule has 18 heavy (non-hydrogen) atoms. The zero-order valence-electron chi connectivity index (χ0n) is 10.6. The van der Waals surface area contributed by atoms with Crippen molar-refractivity contribution in [3.05, 3.63) is 34.9 Å². The molecule has 98 valence electrons. The summed E-state index contributed by atoms with van der Waals surface area (Å²) in [6.45, 7) is 4.02. The van der Waals surface area contributed by atoms with E-state index >= 15 is 0 Å². The third-order valence-electron chi connectivity index (χ3n) is 3.20. The Kier molecular flexibility index (Phi) is 4.61. The fourth-order valence-corrected chi connectivity index (χ4v) is 2.40. The van der Waals surface area contributed by atoms with Gasteiger partial charge in [-0.25, -0.2) is 0 Å². The van der Waals surface area contributed by atoms with E-state index in [2.05, 4.69) is 0 Å². The molecule has 0 spiro atoms. The normalized spacial score (nSPS) is 19.9. The largest absolute Gasteiger partial charge is 0.377 e. The van der Waals surface area contributed by atoms with E-state index in [0.29, 0.717) is 26.2 Å². The molecule has 0 saturated carbocycles. The molecule has 1 atom stereocenters. The molecule has 3 nitrogen and oxygen atoms in total. The van der Waals surface area contributed by atoms with Gasteiger partial charge in [-0.15, -0.1) is 0 Å². The van der Waals surface area contributed by atoms with E-state index in [-0.39, 0.29) is 11.9 Å². The van der Waals surface area contributed by atoms with Crippen molar-refractivity contribution >= 4 is 17.5 Å². The molecular formula is C14H18ClNO2. The maximum Gasteiger partial charge on any atom is 0.223 e. The average molecular weight is 268 g/mol. The summed E-state index contributed by atoms with van der Waals surface area (Å²) >= 11 is 5.92. The maximum absolute atomic E-state index is 12.1. The van der Waals surface area contributed by atoms with Crippen LogP contribution in [-0.2, 0) is 16.0 Å². The number of carbonyl (C=O) groups excluding carboxylic acids is 1. The number of aryl methyl sites for hydroxylation is 1. The van der Waals surface area contributed by atoms with Crippen LogP contribution in [0.25, 0.3) is 0 Å². The predicted molar refractivity (Wildman–Crippen MR) is 71.8 cm³/mol. The topological polar surface area (TPSA) is 29.5 Å². The number of benzene rings is 1. The smallest absolute Gasteiger partial charge is 0.223 e. The predicted octanol–water partition coefficient (Wildman–Crippen LogP) is 2.52. The summed E-state index contributed by atoms with van der Waals surface area (Å²) in [5.74, 6) is 0.200. The zero-order valence-corrected chi connectivity index (χ0v) is 11.3. The van der Waals surface area contributed by atoms with E-state index in [4.69, 9.17) is 16.3 Å². The summed E-state index contributed by atoms with van der Waals surface area (Å²) in [6.07, 6.45) is 1.27. The molecular weight excluding hydrogens is 250 g/mol. The molecule has 0 aromatic heterocycles. The molecule has 1 aromatic carbocycles. The highest BCUT2D eigenvalue weighted by Crippen LogP contribution is 2.14. The third kappa shape index (κ3) is 3.47. The SMILES string of the molecule is CC1COCCN1C(=O)CCc1cccc(Cl)c1. The number of ether oxygens (including phenoxy) is 1. The van der Waals surface area contributed by atoms with Gasteiger partial charge in [-0.2, -0.15) is 0 Å². The number of nitrogens with zero attached hydrogens (tertiary/aromatic N) is 1. The first kappa shape index (κ1) is 13.4. The fraction of sp³-hybridized carbons (Fsp3) is 0.500. The van der Waals surface area contributed by atoms with Crippen LogP contribution in [-0.4, -0.2) is 36.6 Å². The molecule has 2 rings (SSSR count). The van der Waals surface area contributed by atoms with Crippen molar-refractivity contribution in [2.24, 2.45) is 0 Å². The van der Waals surface area contributed by atoms with Gasteiger partial charge in [-0.05, 0) is 31.0 Å². The van der Waals surface area contributed by atoms with Gasteiger partial charge in [0.25, 0.3) is 0 Å². The number of halogens is 1. The zero-order chi connectivity index (χ0) is 13.0. The number of carbonyl (C=O) groups is 1. The molecule has 1 amide bonds. The molecule has 1 unspecified atom stereocenters. The first-order chi connectivity index (χ1) is 8.66. The minimum atomic E-state index is 0.186. The van der Waals surface area contributed by atoms with Gasteiger partial charge in [0.05, 0.1) is 19.3 Å². The number of amides is 1. The van der Waals surface area contributed by atoms with Gasteiger partial charge in [0.2, 0.25) is 5.91 Å². The van der Waals surface area contributed by atoms with Crippen molar-refractivity contribution in [3.8, 4) is 0 Å². The van der Waals surface area contributed by atoms with E-state index in [9.17, 15) is 4.79 Å². The van der Waals surface area contributed by atoms with Crippen molar-refractivity contribution in [2.45, 2.75) is 25.8 Å². The molecule has 0 radical (unpaired) electrons. The van der Waals surface area contributed by atoms with Crippen LogP contribution in [0.15, 0.2) is 24.3 Å². The number of rotatable bonds is 3. The van der Waals surface area contributed by atoms with Gasteiger partial charge < -0.3 is 9.64 Å². The Morgan fingerprint density at radius 1 is 1.56 bits per heavy atom. The van der Waals surface area contributed by atoms with Crippen molar-refractivity contribution in [1.82, 2.24) is 4.90 Å². The van der Waals surface area contributed by atoms with Gasteiger partial charge in [-0.1, -0.05) is 23.7 Å². The van der Waals surface area contributed by atoms with E-state index in [1.165, 1.54) is 0 Å². The van der Waals surface area contributed by atoms with Crippen LogP contribution < -0.4 is 0 Å². The molecule has 4 heteroatoms. The Labute approximate surface area is 113 Å². The number of hydrogen-bond acceptors (Lipinski definition) is 2. The van der Waals surface area contributed by atoms with Crippen molar-refractivity contribution < 1.29 is 9.53 Å². The van der Waals surface area contributed by atoms with Gasteiger partial charge in [-0.3, -0.25) is 4.79 Å². The second kappa shape index (κ2) is 6.21. The average Bonchev–Trinajstić information content (AvgIpc) is 2.37. The van der Waals surface area contributed by atoms with E-state index < -0.39 is 0 Å². The van der Waals surface area contributed by atoms with Crippen LogP contribution in [0, 0.1) is 0 Å². The molecule has 0 bridgehead atoms. The lowest BCUT2D eigenvalue weighted by molar-refractivity contribution is -0.139. The Bertz CT molecular complexity index is 422. The summed E-state index contributed by atoms with van der Waals surface area (Å²) < 4.78 is 5.33. The van der Waals surface area contributed by atoms with Crippen LogP contribution in [0.3, 0.4) is 0 Å². The minimum Gasteiger partial charge on any atom is -0.377 e. The maximum atomic E-state index is 12.1. The highest BCUT2D eigenvalue weighted by Gasteiger charge is 2.23. The quantitative estimate of drug-likeness (QED) is 0.842. The fourth-order valence-electron chi connectivity index (χ4n) is 2.19. The van der Waals surface area contributed by atoms with E-state index in [1.54, 1.807) is 0 Å². The van der Waals surface area contributed by atoms with Crippen molar-refractivity contribution in [2.75, 3.05) is 19.8 Å². The molecule has 0 N–H and O–H groups in total. The van der Waals surface area contributed by atoms with Crippen molar-refractivity contribution in [3.63, 3.8) is 0 Å². The minimum absolute atomic E-state index is 0.186. The second-order valence-corrected chi connectivity index (χ2v) is 5.08. The van der Waals surface area contributed by atoms with Crippen LogP contribution in [0.5, 0.6) is 0 Å². The standard InChI is InChI=1S/C14H18ClNO2/c1-11-10-18-8-7-16(11)14(17)6-5-12-3-2-4-13(15)9-12/h2-4,9,11H,5-8,10H2,1H3.